The van der Waals surface area contributed by atoms with E-state index in [0.717, 1.165) is 42.7 Å². The quantitative estimate of drug-likeness (QED) is 0.381. The fourth-order valence-electron chi connectivity index (χ4n) is 4.00. The summed E-state index contributed by atoms with van der Waals surface area (Å²) in [4.78, 5) is 4.73. The Morgan fingerprint density at radius 1 is 0.967 bits per heavy atom. The Bertz CT molecular complexity index is 1020. The number of hydrogen-bond acceptors (Lipinski definition) is 2. The maximum Gasteiger partial charge on any atom is 0.131 e. The minimum atomic E-state index is 0. The molecule has 0 fully saturated rings. The Kier molecular flexibility index (Phi) is 7.17. The van der Waals surface area contributed by atoms with E-state index in [2.05, 4.69) is 85.9 Å². The van der Waals surface area contributed by atoms with Crippen molar-refractivity contribution in [3.05, 3.63) is 94.5 Å². The smallest absolute Gasteiger partial charge is 0.131 e. The number of hydrogen-bond donors (Lipinski definition) is 2. The van der Waals surface area contributed by atoms with Gasteiger partial charge in [-0.05, 0) is 65.6 Å². The van der Waals surface area contributed by atoms with E-state index in [4.69, 9.17) is 10.7 Å². The van der Waals surface area contributed by atoms with Crippen LogP contribution in [0.25, 0.3) is 0 Å². The molecule has 3 aromatic carbocycles. The predicted molar refractivity (Wildman–Crippen MR) is 130 cm³/mol. The van der Waals surface area contributed by atoms with E-state index < -0.39 is 0 Å². The van der Waals surface area contributed by atoms with Gasteiger partial charge in [-0.3, -0.25) is 0 Å². The molecule has 0 aliphatic carbocycles. The van der Waals surface area contributed by atoms with E-state index in [1.54, 1.807) is 0 Å². The largest absolute Gasteiger partial charge is 0.383 e. The summed E-state index contributed by atoms with van der Waals surface area (Å²) in [5.74, 6) is 1.14. The molecule has 3 aromatic rings. The first-order chi connectivity index (χ1) is 14.2. The van der Waals surface area contributed by atoms with Crippen molar-refractivity contribution in [2.75, 3.05) is 5.32 Å². The number of amidine groups is 1. The zero-order valence-corrected chi connectivity index (χ0v) is 18.5. The third-order valence-corrected chi connectivity index (χ3v) is 6.01. The van der Waals surface area contributed by atoms with E-state index in [-0.39, 0.29) is 12.4 Å². The molecule has 30 heavy (non-hydrogen) atoms. The molecule has 0 saturated heterocycles. The summed E-state index contributed by atoms with van der Waals surface area (Å²) in [6, 6.07) is 23.4. The van der Waals surface area contributed by atoms with Crippen LogP contribution in [-0.2, 0) is 19.4 Å². The van der Waals surface area contributed by atoms with E-state index in [1.165, 1.54) is 22.3 Å². The van der Waals surface area contributed by atoms with Gasteiger partial charge >= 0.3 is 0 Å². The highest BCUT2D eigenvalue weighted by Crippen LogP contribution is 2.28. The monoisotopic (exact) mass is 419 g/mol. The number of aliphatic imine (C=N–C) groups is 1. The maximum atomic E-state index is 6.48. The van der Waals surface area contributed by atoms with Crippen molar-refractivity contribution in [1.82, 2.24) is 0 Å². The lowest BCUT2D eigenvalue weighted by molar-refractivity contribution is 0.734. The third kappa shape index (κ3) is 4.68. The van der Waals surface area contributed by atoms with Crippen LogP contribution in [0, 0.1) is 0 Å². The van der Waals surface area contributed by atoms with Crippen molar-refractivity contribution >= 4 is 29.6 Å². The highest BCUT2D eigenvalue weighted by molar-refractivity contribution is 6.01. The zero-order valence-electron chi connectivity index (χ0n) is 17.7. The maximum absolute atomic E-state index is 6.48. The van der Waals surface area contributed by atoms with Crippen molar-refractivity contribution in [2.24, 2.45) is 10.7 Å². The first-order valence-corrected chi connectivity index (χ1v) is 10.5. The van der Waals surface area contributed by atoms with E-state index in [0.29, 0.717) is 11.8 Å². The Morgan fingerprint density at radius 2 is 1.70 bits per heavy atom. The van der Waals surface area contributed by atoms with E-state index in [9.17, 15) is 0 Å². The summed E-state index contributed by atoms with van der Waals surface area (Å²) in [5.41, 5.74) is 14.9. The molecule has 156 valence electrons. The summed E-state index contributed by atoms with van der Waals surface area (Å²) in [6.07, 6.45) is 3.09. The molecule has 0 saturated carbocycles. The molecule has 1 aliphatic heterocycles. The Hall–Kier alpha value is -2.78. The van der Waals surface area contributed by atoms with Crippen LogP contribution in [0.1, 0.15) is 54.0 Å². The highest BCUT2D eigenvalue weighted by atomic mass is 35.5. The average Bonchev–Trinajstić information content (AvgIpc) is 2.75. The summed E-state index contributed by atoms with van der Waals surface area (Å²) in [5, 5.41) is 3.60. The minimum Gasteiger partial charge on any atom is -0.383 e. The van der Waals surface area contributed by atoms with Gasteiger partial charge in [-0.2, -0.15) is 0 Å². The lowest BCUT2D eigenvalue weighted by atomic mass is 9.93. The fourth-order valence-corrected chi connectivity index (χ4v) is 4.00. The lowest BCUT2D eigenvalue weighted by Gasteiger charge is -2.21. The van der Waals surface area contributed by atoms with Crippen molar-refractivity contribution in [2.45, 2.75) is 45.6 Å². The summed E-state index contributed by atoms with van der Waals surface area (Å²) < 4.78 is 0. The number of halogens is 1. The molecule has 4 heteroatoms. The summed E-state index contributed by atoms with van der Waals surface area (Å²) in [7, 11) is 0. The number of nitrogens with one attached hydrogen (secondary N) is 1. The Morgan fingerprint density at radius 3 is 2.43 bits per heavy atom. The number of aryl methyl sites for hydroxylation is 1. The second-order valence-corrected chi connectivity index (χ2v) is 7.85. The Labute approximate surface area is 185 Å². The fraction of sp³-hybridized carbons (Fsp3) is 0.269. The van der Waals surface area contributed by atoms with Gasteiger partial charge in [0.1, 0.15) is 5.84 Å². The van der Waals surface area contributed by atoms with Gasteiger partial charge in [0.15, 0.2) is 0 Å². The topological polar surface area (TPSA) is 50.4 Å². The van der Waals surface area contributed by atoms with Crippen molar-refractivity contribution < 1.29 is 0 Å². The van der Waals surface area contributed by atoms with Crippen LogP contribution in [0.3, 0.4) is 0 Å². The molecule has 0 radical (unpaired) electrons. The minimum absolute atomic E-state index is 0. The van der Waals surface area contributed by atoms with E-state index in [1.807, 2.05) is 0 Å². The average molecular weight is 420 g/mol. The number of nitrogens with two attached hydrogens (primary N) is 1. The number of fused-ring (bicyclic) bond motifs is 2. The second kappa shape index (κ2) is 9.82. The van der Waals surface area contributed by atoms with Crippen LogP contribution in [0.15, 0.2) is 71.7 Å². The first kappa shape index (κ1) is 21.9. The van der Waals surface area contributed by atoms with Gasteiger partial charge in [-0.25, -0.2) is 4.99 Å². The predicted octanol–water partition coefficient (Wildman–Crippen LogP) is 6.37. The van der Waals surface area contributed by atoms with Crippen LogP contribution in [0.5, 0.6) is 0 Å². The second-order valence-electron chi connectivity index (χ2n) is 7.85. The number of anilines is 1. The summed E-state index contributed by atoms with van der Waals surface area (Å²) in [6.45, 7) is 5.30. The molecule has 1 atom stereocenters. The molecule has 1 unspecified atom stereocenters. The van der Waals surface area contributed by atoms with Gasteiger partial charge in [-0.1, -0.05) is 62.4 Å². The molecule has 3 N–H and O–H groups in total. The highest BCUT2D eigenvalue weighted by Gasteiger charge is 2.15. The van der Waals surface area contributed by atoms with Crippen LogP contribution in [0.2, 0.25) is 0 Å². The lowest BCUT2D eigenvalue weighted by Crippen LogP contribution is -2.18. The van der Waals surface area contributed by atoms with Crippen LogP contribution in [0.4, 0.5) is 11.4 Å². The Balaban J connectivity index is 0.00000256. The van der Waals surface area contributed by atoms with Crippen molar-refractivity contribution in [1.29, 1.82) is 0 Å². The van der Waals surface area contributed by atoms with Gasteiger partial charge in [-0.15, -0.1) is 12.4 Å². The molecule has 0 spiro atoms. The van der Waals surface area contributed by atoms with Gasteiger partial charge < -0.3 is 11.1 Å². The molecule has 3 nitrogen and oxygen atoms in total. The molecule has 0 aromatic heterocycles. The van der Waals surface area contributed by atoms with Gasteiger partial charge in [0, 0.05) is 17.8 Å². The number of benzene rings is 3. The van der Waals surface area contributed by atoms with Crippen LogP contribution >= 0.6 is 12.4 Å². The molecular weight excluding hydrogens is 390 g/mol. The van der Waals surface area contributed by atoms with Crippen LogP contribution < -0.4 is 11.1 Å². The van der Waals surface area contributed by atoms with Gasteiger partial charge in [0.25, 0.3) is 0 Å². The summed E-state index contributed by atoms with van der Waals surface area (Å²) >= 11 is 0. The van der Waals surface area contributed by atoms with Gasteiger partial charge in [0.05, 0.1) is 5.69 Å². The molecule has 4 rings (SSSR count). The number of nitrogens with zero attached hydrogens (tertiary/aromatic N) is 1. The zero-order chi connectivity index (χ0) is 20.2. The van der Waals surface area contributed by atoms with Gasteiger partial charge in [0.2, 0.25) is 0 Å². The third-order valence-electron chi connectivity index (χ3n) is 6.01. The molecule has 1 heterocycles. The van der Waals surface area contributed by atoms with E-state index >= 15 is 0 Å². The molecule has 1 aliphatic rings. The molecule has 0 amide bonds. The normalized spacial score (nSPS) is 14.3. The number of rotatable bonds is 4. The standard InChI is InChI=1S/C26H29N3.ClH/c1-3-18(2)19-11-14-22(15-12-19)29-26(27)24-9-6-10-25-23(24)16-13-20-7-4-5-8-21(20)17-28-25;/h4-12,14-15,18,28H,3,13,16-17H2,1-2H3,(H2,27,29);1H. The molecular formula is C26H30ClN3. The van der Waals surface area contributed by atoms with Crippen molar-refractivity contribution in [3.8, 4) is 0 Å². The van der Waals surface area contributed by atoms with Crippen LogP contribution in [-0.4, -0.2) is 5.84 Å². The SMILES string of the molecule is CCC(C)c1ccc(N=C(N)c2cccc3c2CCc2ccccc2CN3)cc1.Cl. The van der Waals surface area contributed by atoms with Crippen molar-refractivity contribution in [3.63, 3.8) is 0 Å². The molecule has 0 bridgehead atoms. The first-order valence-electron chi connectivity index (χ1n) is 10.5.